The summed E-state index contributed by atoms with van der Waals surface area (Å²) in [6.45, 7) is 4.48. The number of hydrogen-bond acceptors (Lipinski definition) is 3. The maximum atomic E-state index is 13.4. The molecule has 1 aliphatic carbocycles. The molecule has 0 bridgehead atoms. The third-order valence-electron chi connectivity index (χ3n) is 3.33. The van der Waals surface area contributed by atoms with Gasteiger partial charge < -0.3 is 5.73 Å². The number of rotatable bonds is 6. The first-order valence-electron chi connectivity index (χ1n) is 6.86. The molecule has 0 unspecified atom stereocenters. The van der Waals surface area contributed by atoms with Crippen molar-refractivity contribution in [1.82, 2.24) is 4.31 Å². The Morgan fingerprint density at radius 1 is 1.40 bits per heavy atom. The Kier molecular flexibility index (Phi) is 4.46. The van der Waals surface area contributed by atoms with Gasteiger partial charge in [-0.15, -0.1) is 0 Å². The molecule has 0 saturated heterocycles. The standard InChI is InChI=1S/C14H21FN2O2S/c1-10(2)9-17(13-5-6-13)20(18,19)14-7-12(15)4-3-11(14)8-16/h3-4,7,10,13H,5-6,8-9,16H2,1-2H3. The van der Waals surface area contributed by atoms with Crippen molar-refractivity contribution in [2.75, 3.05) is 6.54 Å². The monoisotopic (exact) mass is 300 g/mol. The second-order valence-electron chi connectivity index (χ2n) is 5.66. The van der Waals surface area contributed by atoms with E-state index in [9.17, 15) is 12.8 Å². The molecular weight excluding hydrogens is 279 g/mol. The van der Waals surface area contributed by atoms with E-state index in [0.29, 0.717) is 12.1 Å². The summed E-state index contributed by atoms with van der Waals surface area (Å²) in [6.07, 6.45) is 1.75. The number of halogens is 1. The smallest absolute Gasteiger partial charge is 0.243 e. The first-order valence-corrected chi connectivity index (χ1v) is 8.30. The second-order valence-corrected chi connectivity index (χ2v) is 7.51. The van der Waals surface area contributed by atoms with Gasteiger partial charge in [-0.05, 0) is 36.5 Å². The van der Waals surface area contributed by atoms with Gasteiger partial charge >= 0.3 is 0 Å². The van der Waals surface area contributed by atoms with Gasteiger partial charge in [-0.1, -0.05) is 19.9 Å². The highest BCUT2D eigenvalue weighted by atomic mass is 32.2. The van der Waals surface area contributed by atoms with Crippen molar-refractivity contribution in [3.8, 4) is 0 Å². The third-order valence-corrected chi connectivity index (χ3v) is 5.34. The molecule has 6 heteroatoms. The fourth-order valence-corrected chi connectivity index (χ4v) is 4.32. The van der Waals surface area contributed by atoms with Crippen LogP contribution in [-0.2, 0) is 16.6 Å². The van der Waals surface area contributed by atoms with Crippen LogP contribution in [0, 0.1) is 11.7 Å². The number of benzene rings is 1. The number of nitrogens with two attached hydrogens (primary N) is 1. The molecule has 0 heterocycles. The predicted octanol–water partition coefficient (Wildman–Crippen LogP) is 2.09. The summed E-state index contributed by atoms with van der Waals surface area (Å²) in [6, 6.07) is 3.82. The van der Waals surface area contributed by atoms with Crippen molar-refractivity contribution in [3.63, 3.8) is 0 Å². The topological polar surface area (TPSA) is 63.4 Å². The minimum Gasteiger partial charge on any atom is -0.326 e. The van der Waals surface area contributed by atoms with E-state index in [1.807, 2.05) is 13.8 Å². The summed E-state index contributed by atoms with van der Waals surface area (Å²) in [7, 11) is -3.68. The van der Waals surface area contributed by atoms with Crippen molar-refractivity contribution in [2.24, 2.45) is 11.7 Å². The molecule has 0 amide bonds. The molecular formula is C14H21FN2O2S. The fraction of sp³-hybridized carbons (Fsp3) is 0.571. The van der Waals surface area contributed by atoms with Crippen LogP contribution in [0.25, 0.3) is 0 Å². The largest absolute Gasteiger partial charge is 0.326 e. The molecule has 0 atom stereocenters. The van der Waals surface area contributed by atoms with E-state index in [0.717, 1.165) is 18.9 Å². The molecule has 2 rings (SSSR count). The van der Waals surface area contributed by atoms with Crippen molar-refractivity contribution >= 4 is 10.0 Å². The molecule has 1 saturated carbocycles. The lowest BCUT2D eigenvalue weighted by Crippen LogP contribution is -2.36. The van der Waals surface area contributed by atoms with Crippen LogP contribution < -0.4 is 5.73 Å². The Bertz CT molecular complexity index is 583. The second kappa shape index (κ2) is 5.79. The number of hydrogen-bond donors (Lipinski definition) is 1. The Morgan fingerprint density at radius 2 is 2.05 bits per heavy atom. The molecule has 0 spiro atoms. The summed E-state index contributed by atoms with van der Waals surface area (Å²) in [5.74, 6) is -0.332. The zero-order valence-electron chi connectivity index (χ0n) is 11.8. The Hall–Kier alpha value is -0.980. The van der Waals surface area contributed by atoms with E-state index in [-0.39, 0.29) is 23.4 Å². The normalized spacial score (nSPS) is 16.1. The minimum atomic E-state index is -3.68. The lowest BCUT2D eigenvalue weighted by Gasteiger charge is -2.24. The maximum absolute atomic E-state index is 13.4. The zero-order chi connectivity index (χ0) is 14.9. The van der Waals surface area contributed by atoms with E-state index in [4.69, 9.17) is 5.73 Å². The molecule has 0 aromatic heterocycles. The Labute approximate surface area is 119 Å². The average molecular weight is 300 g/mol. The van der Waals surface area contributed by atoms with E-state index < -0.39 is 15.8 Å². The van der Waals surface area contributed by atoms with E-state index in [2.05, 4.69) is 0 Å². The van der Waals surface area contributed by atoms with Crippen LogP contribution in [0.2, 0.25) is 0 Å². The van der Waals surface area contributed by atoms with Crippen molar-refractivity contribution in [3.05, 3.63) is 29.6 Å². The lowest BCUT2D eigenvalue weighted by molar-refractivity contribution is 0.359. The highest BCUT2D eigenvalue weighted by Gasteiger charge is 2.39. The van der Waals surface area contributed by atoms with Crippen LogP contribution in [0.4, 0.5) is 4.39 Å². The third kappa shape index (κ3) is 3.19. The summed E-state index contributed by atoms with van der Waals surface area (Å²) in [4.78, 5) is 0.00699. The predicted molar refractivity (Wildman–Crippen MR) is 76.0 cm³/mol. The first-order chi connectivity index (χ1) is 9.36. The van der Waals surface area contributed by atoms with Gasteiger partial charge in [0.15, 0.2) is 0 Å². The van der Waals surface area contributed by atoms with Gasteiger partial charge in [-0.3, -0.25) is 0 Å². The lowest BCUT2D eigenvalue weighted by atomic mass is 10.2. The number of nitrogens with zero attached hydrogens (tertiary/aromatic N) is 1. The summed E-state index contributed by atoms with van der Waals surface area (Å²) < 4.78 is 40.5. The van der Waals surface area contributed by atoms with Crippen LogP contribution in [0.5, 0.6) is 0 Å². The zero-order valence-corrected chi connectivity index (χ0v) is 12.7. The first kappa shape index (κ1) is 15.4. The van der Waals surface area contributed by atoms with Crippen LogP contribution in [-0.4, -0.2) is 25.3 Å². The quantitative estimate of drug-likeness (QED) is 0.875. The van der Waals surface area contributed by atoms with Gasteiger partial charge in [0.2, 0.25) is 10.0 Å². The summed E-state index contributed by atoms with van der Waals surface area (Å²) >= 11 is 0. The number of sulfonamides is 1. The van der Waals surface area contributed by atoms with Crippen molar-refractivity contribution in [1.29, 1.82) is 0 Å². The Balaban J connectivity index is 2.44. The van der Waals surface area contributed by atoms with Crippen LogP contribution in [0.3, 0.4) is 0 Å². The van der Waals surface area contributed by atoms with Gasteiger partial charge in [0.05, 0.1) is 4.90 Å². The fourth-order valence-electron chi connectivity index (χ4n) is 2.23. The molecule has 0 aliphatic heterocycles. The van der Waals surface area contributed by atoms with Crippen LogP contribution >= 0.6 is 0 Å². The molecule has 0 radical (unpaired) electrons. The molecule has 1 aromatic rings. The van der Waals surface area contributed by atoms with Gasteiger partial charge in [-0.25, -0.2) is 12.8 Å². The van der Waals surface area contributed by atoms with E-state index in [1.165, 1.54) is 16.4 Å². The van der Waals surface area contributed by atoms with Crippen molar-refractivity contribution < 1.29 is 12.8 Å². The van der Waals surface area contributed by atoms with Gasteiger partial charge in [0.1, 0.15) is 5.82 Å². The SMILES string of the molecule is CC(C)CN(C1CC1)S(=O)(=O)c1cc(F)ccc1CN. The molecule has 2 N–H and O–H groups in total. The maximum Gasteiger partial charge on any atom is 0.243 e. The minimum absolute atomic E-state index is 0.00699. The molecule has 112 valence electrons. The van der Waals surface area contributed by atoms with Crippen LogP contribution in [0.1, 0.15) is 32.3 Å². The summed E-state index contributed by atoms with van der Waals surface area (Å²) in [5.41, 5.74) is 6.04. The van der Waals surface area contributed by atoms with E-state index in [1.54, 1.807) is 0 Å². The van der Waals surface area contributed by atoms with Gasteiger partial charge in [-0.2, -0.15) is 4.31 Å². The Morgan fingerprint density at radius 3 is 2.55 bits per heavy atom. The van der Waals surface area contributed by atoms with Gasteiger partial charge in [0, 0.05) is 19.1 Å². The van der Waals surface area contributed by atoms with E-state index >= 15 is 0 Å². The van der Waals surface area contributed by atoms with Crippen LogP contribution in [0.15, 0.2) is 23.1 Å². The van der Waals surface area contributed by atoms with Gasteiger partial charge in [0.25, 0.3) is 0 Å². The highest BCUT2D eigenvalue weighted by molar-refractivity contribution is 7.89. The molecule has 1 aromatic carbocycles. The highest BCUT2D eigenvalue weighted by Crippen LogP contribution is 2.33. The van der Waals surface area contributed by atoms with Crippen molar-refractivity contribution in [2.45, 2.75) is 44.2 Å². The molecule has 4 nitrogen and oxygen atoms in total. The average Bonchev–Trinajstić information content (AvgIpc) is 3.19. The molecule has 1 aliphatic rings. The molecule has 20 heavy (non-hydrogen) atoms. The summed E-state index contributed by atoms with van der Waals surface area (Å²) in [5, 5.41) is 0. The molecule has 1 fully saturated rings.